The summed E-state index contributed by atoms with van der Waals surface area (Å²) in [6.07, 6.45) is 3.20. The van der Waals surface area contributed by atoms with E-state index < -0.39 is 5.60 Å². The van der Waals surface area contributed by atoms with Crippen molar-refractivity contribution in [2.24, 2.45) is 11.8 Å². The van der Waals surface area contributed by atoms with Crippen molar-refractivity contribution in [2.45, 2.75) is 12.0 Å². The van der Waals surface area contributed by atoms with E-state index in [1.54, 1.807) is 0 Å². The highest BCUT2D eigenvalue weighted by Gasteiger charge is 2.57. The van der Waals surface area contributed by atoms with Crippen LogP contribution in [0.25, 0.3) is 6.08 Å². The first-order valence-electron chi connectivity index (χ1n) is 10.9. The molecule has 0 radical (unpaired) electrons. The molecule has 1 aliphatic carbocycles. The van der Waals surface area contributed by atoms with Gasteiger partial charge in [-0.05, 0) is 34.6 Å². The predicted octanol–water partition coefficient (Wildman–Crippen LogP) is 6.49. The van der Waals surface area contributed by atoms with E-state index in [4.69, 9.17) is 0 Å². The van der Waals surface area contributed by atoms with Gasteiger partial charge in [0, 0.05) is 5.92 Å². The van der Waals surface area contributed by atoms with Crippen molar-refractivity contribution in [3.8, 4) is 0 Å². The number of hydrogen-bond acceptors (Lipinski definition) is 1. The van der Waals surface area contributed by atoms with Gasteiger partial charge in [0.25, 0.3) is 0 Å². The average molecular weight is 403 g/mol. The van der Waals surface area contributed by atoms with Gasteiger partial charge >= 0.3 is 0 Å². The first-order chi connectivity index (χ1) is 15.3. The van der Waals surface area contributed by atoms with Crippen LogP contribution in [-0.4, -0.2) is 5.11 Å². The van der Waals surface area contributed by atoms with E-state index in [1.165, 1.54) is 16.7 Å². The molecule has 1 aliphatic rings. The standard InChI is InChI=1S/C30H26O/c31-30(25-17-9-3-10-18-25,26-19-11-4-12-20-26)29-27(21-23-13-5-1-6-14-23)28(29)22-24-15-7-2-8-16-24/h1-21,28-29,31H,22H2/b27-21+. The molecular formula is C30H26O. The quantitative estimate of drug-likeness (QED) is 0.390. The lowest BCUT2D eigenvalue weighted by Crippen LogP contribution is -2.31. The molecule has 1 fully saturated rings. The topological polar surface area (TPSA) is 20.2 Å². The van der Waals surface area contributed by atoms with Gasteiger partial charge in [-0.15, -0.1) is 0 Å². The van der Waals surface area contributed by atoms with Gasteiger partial charge in [-0.2, -0.15) is 0 Å². The van der Waals surface area contributed by atoms with Crippen molar-refractivity contribution in [3.05, 3.63) is 149 Å². The molecule has 1 saturated carbocycles. The van der Waals surface area contributed by atoms with Crippen LogP contribution in [0, 0.1) is 11.8 Å². The summed E-state index contributed by atoms with van der Waals surface area (Å²) < 4.78 is 0. The molecule has 1 heteroatoms. The third-order valence-electron chi connectivity index (χ3n) is 6.39. The maximum atomic E-state index is 12.3. The van der Waals surface area contributed by atoms with Crippen molar-refractivity contribution in [3.63, 3.8) is 0 Å². The van der Waals surface area contributed by atoms with E-state index in [0.717, 1.165) is 17.5 Å². The monoisotopic (exact) mass is 402 g/mol. The highest BCUT2D eigenvalue weighted by atomic mass is 16.3. The van der Waals surface area contributed by atoms with Gasteiger partial charge in [-0.1, -0.05) is 133 Å². The fourth-order valence-electron chi connectivity index (χ4n) is 4.82. The lowest BCUT2D eigenvalue weighted by molar-refractivity contribution is 0.0541. The van der Waals surface area contributed by atoms with Crippen LogP contribution in [-0.2, 0) is 12.0 Å². The summed E-state index contributed by atoms with van der Waals surface area (Å²) in [5.74, 6) is 0.311. The van der Waals surface area contributed by atoms with Crippen LogP contribution in [0.4, 0.5) is 0 Å². The minimum Gasteiger partial charge on any atom is -0.380 e. The number of rotatable bonds is 6. The van der Waals surface area contributed by atoms with E-state index in [0.29, 0.717) is 0 Å². The predicted molar refractivity (Wildman–Crippen MR) is 127 cm³/mol. The molecule has 31 heavy (non-hydrogen) atoms. The molecule has 0 saturated heterocycles. The van der Waals surface area contributed by atoms with Crippen molar-refractivity contribution in [1.82, 2.24) is 0 Å². The molecule has 0 aliphatic heterocycles. The fourth-order valence-corrected chi connectivity index (χ4v) is 4.82. The van der Waals surface area contributed by atoms with Gasteiger partial charge in [-0.25, -0.2) is 0 Å². The van der Waals surface area contributed by atoms with Crippen LogP contribution >= 0.6 is 0 Å². The van der Waals surface area contributed by atoms with E-state index in [1.807, 2.05) is 66.7 Å². The summed E-state index contributed by atoms with van der Waals surface area (Å²) in [6, 6.07) is 41.3. The molecule has 4 aromatic rings. The van der Waals surface area contributed by atoms with Gasteiger partial charge in [0.15, 0.2) is 0 Å². The summed E-state index contributed by atoms with van der Waals surface area (Å²) in [7, 11) is 0. The van der Waals surface area contributed by atoms with Crippen LogP contribution < -0.4 is 0 Å². The SMILES string of the molecule is OC(c1ccccc1)(c1ccccc1)C1/C(=C/c2ccccc2)C1Cc1ccccc1. The van der Waals surface area contributed by atoms with Gasteiger partial charge < -0.3 is 5.11 Å². The molecule has 1 nitrogen and oxygen atoms in total. The minimum absolute atomic E-state index is 0.0257. The van der Waals surface area contributed by atoms with Gasteiger partial charge in [0.05, 0.1) is 0 Å². The van der Waals surface area contributed by atoms with E-state index in [9.17, 15) is 5.11 Å². The zero-order valence-corrected chi connectivity index (χ0v) is 17.4. The highest BCUT2D eigenvalue weighted by Crippen LogP contribution is 2.60. The molecule has 0 amide bonds. The maximum absolute atomic E-state index is 12.3. The average Bonchev–Trinajstić information content (AvgIpc) is 3.52. The molecule has 2 unspecified atom stereocenters. The molecule has 1 N–H and O–H groups in total. The van der Waals surface area contributed by atoms with Crippen LogP contribution in [0.3, 0.4) is 0 Å². The fraction of sp³-hybridized carbons (Fsp3) is 0.133. The van der Waals surface area contributed by atoms with Crippen molar-refractivity contribution >= 4 is 6.08 Å². The summed E-state index contributed by atoms with van der Waals surface area (Å²) >= 11 is 0. The maximum Gasteiger partial charge on any atom is 0.122 e. The first kappa shape index (κ1) is 19.5. The summed E-state index contributed by atoms with van der Waals surface area (Å²) in [6.45, 7) is 0. The van der Waals surface area contributed by atoms with Crippen LogP contribution in [0.2, 0.25) is 0 Å². The molecule has 2 atom stereocenters. The Kier molecular flexibility index (Phi) is 5.28. The Bertz CT molecular complexity index is 1110. The second-order valence-corrected chi connectivity index (χ2v) is 8.33. The lowest BCUT2D eigenvalue weighted by atomic mass is 9.80. The third kappa shape index (κ3) is 3.85. The highest BCUT2D eigenvalue weighted by molar-refractivity contribution is 5.62. The van der Waals surface area contributed by atoms with Crippen molar-refractivity contribution < 1.29 is 5.11 Å². The third-order valence-corrected chi connectivity index (χ3v) is 6.39. The Labute approximate surface area is 184 Å². The Morgan fingerprint density at radius 1 is 0.613 bits per heavy atom. The van der Waals surface area contributed by atoms with Gasteiger partial charge in [0.2, 0.25) is 0 Å². The Morgan fingerprint density at radius 3 is 1.58 bits per heavy atom. The van der Waals surface area contributed by atoms with Crippen molar-refractivity contribution in [2.75, 3.05) is 0 Å². The van der Waals surface area contributed by atoms with E-state index in [2.05, 4.69) is 60.7 Å². The molecule has 0 heterocycles. The molecule has 0 spiro atoms. The number of aliphatic hydroxyl groups is 1. The van der Waals surface area contributed by atoms with Gasteiger partial charge in [0.1, 0.15) is 5.60 Å². The molecule has 4 aromatic carbocycles. The van der Waals surface area contributed by atoms with Crippen LogP contribution in [0.15, 0.2) is 127 Å². The zero-order chi connectivity index (χ0) is 21.1. The largest absolute Gasteiger partial charge is 0.380 e. The van der Waals surface area contributed by atoms with Gasteiger partial charge in [-0.3, -0.25) is 0 Å². The molecule has 0 aromatic heterocycles. The summed E-state index contributed by atoms with van der Waals surface area (Å²) in [5, 5.41) is 12.3. The Balaban J connectivity index is 1.61. The molecule has 0 bridgehead atoms. The zero-order valence-electron chi connectivity index (χ0n) is 17.4. The minimum atomic E-state index is -1.07. The smallest absolute Gasteiger partial charge is 0.122 e. The van der Waals surface area contributed by atoms with Crippen LogP contribution in [0.5, 0.6) is 0 Å². The summed E-state index contributed by atoms with van der Waals surface area (Å²) in [4.78, 5) is 0. The van der Waals surface area contributed by atoms with Crippen LogP contribution in [0.1, 0.15) is 22.3 Å². The molecule has 152 valence electrons. The lowest BCUT2D eigenvalue weighted by Gasteiger charge is -2.30. The number of hydrogen-bond donors (Lipinski definition) is 1. The van der Waals surface area contributed by atoms with Crippen molar-refractivity contribution in [1.29, 1.82) is 0 Å². The normalized spacial score (nSPS) is 19.3. The Morgan fingerprint density at radius 2 is 1.06 bits per heavy atom. The number of benzene rings is 4. The second kappa shape index (κ2) is 8.37. The summed E-state index contributed by atoms with van der Waals surface area (Å²) in [5.41, 5.74) is 4.62. The second-order valence-electron chi connectivity index (χ2n) is 8.33. The Hall–Kier alpha value is -3.42. The first-order valence-corrected chi connectivity index (χ1v) is 10.9. The molecule has 5 rings (SSSR count). The van der Waals surface area contributed by atoms with E-state index >= 15 is 0 Å². The van der Waals surface area contributed by atoms with E-state index in [-0.39, 0.29) is 11.8 Å². The molecular weight excluding hydrogens is 376 g/mol.